The summed E-state index contributed by atoms with van der Waals surface area (Å²) < 4.78 is 6.02. The SMILES string of the molecule is Cc1cc(CN(C)C2CCCC2)oc1CNCC(C)C. The van der Waals surface area contributed by atoms with E-state index in [1.807, 2.05) is 0 Å². The Hall–Kier alpha value is -0.800. The predicted octanol–water partition coefficient (Wildman–Crippen LogP) is 3.71. The molecule has 3 nitrogen and oxygen atoms in total. The summed E-state index contributed by atoms with van der Waals surface area (Å²) in [5.41, 5.74) is 1.27. The average Bonchev–Trinajstić information content (AvgIpc) is 2.99. The molecule has 1 aliphatic rings. The van der Waals surface area contributed by atoms with Crippen LogP contribution in [0.25, 0.3) is 0 Å². The van der Waals surface area contributed by atoms with E-state index < -0.39 is 0 Å². The van der Waals surface area contributed by atoms with Gasteiger partial charge in [0.15, 0.2) is 0 Å². The lowest BCUT2D eigenvalue weighted by atomic mass is 10.2. The molecule has 1 aromatic rings. The molecule has 0 radical (unpaired) electrons. The van der Waals surface area contributed by atoms with Crippen LogP contribution in [0.4, 0.5) is 0 Å². The number of hydrogen-bond acceptors (Lipinski definition) is 3. The molecule has 1 saturated carbocycles. The number of hydrogen-bond donors (Lipinski definition) is 1. The summed E-state index contributed by atoms with van der Waals surface area (Å²) in [6.45, 7) is 9.42. The van der Waals surface area contributed by atoms with Gasteiger partial charge in [0.1, 0.15) is 11.5 Å². The minimum atomic E-state index is 0.679. The third-order valence-electron chi connectivity index (χ3n) is 4.26. The van der Waals surface area contributed by atoms with Crippen LogP contribution < -0.4 is 5.32 Å². The molecule has 0 unspecified atom stereocenters. The van der Waals surface area contributed by atoms with Crippen molar-refractivity contribution in [3.63, 3.8) is 0 Å². The fourth-order valence-corrected chi connectivity index (χ4v) is 3.04. The monoisotopic (exact) mass is 278 g/mol. The molecule has 1 N–H and O–H groups in total. The highest BCUT2D eigenvalue weighted by atomic mass is 16.3. The number of nitrogens with one attached hydrogen (secondary N) is 1. The average molecular weight is 278 g/mol. The summed E-state index contributed by atoms with van der Waals surface area (Å²) in [6.07, 6.45) is 5.46. The van der Waals surface area contributed by atoms with E-state index >= 15 is 0 Å². The summed E-state index contributed by atoms with van der Waals surface area (Å²) in [7, 11) is 2.23. The molecular weight excluding hydrogens is 248 g/mol. The molecule has 1 fully saturated rings. The zero-order chi connectivity index (χ0) is 14.5. The van der Waals surface area contributed by atoms with Crippen molar-refractivity contribution >= 4 is 0 Å². The first kappa shape index (κ1) is 15.6. The molecule has 0 aliphatic heterocycles. The molecule has 0 saturated heterocycles. The zero-order valence-corrected chi connectivity index (χ0v) is 13.5. The molecule has 2 rings (SSSR count). The predicted molar refractivity (Wildman–Crippen MR) is 83.7 cm³/mol. The van der Waals surface area contributed by atoms with E-state index in [9.17, 15) is 0 Å². The van der Waals surface area contributed by atoms with Gasteiger partial charge in [0.2, 0.25) is 0 Å². The van der Waals surface area contributed by atoms with E-state index in [0.29, 0.717) is 5.92 Å². The van der Waals surface area contributed by atoms with Crippen molar-refractivity contribution in [1.82, 2.24) is 10.2 Å². The second-order valence-electron chi connectivity index (χ2n) is 6.70. The molecule has 0 amide bonds. The smallest absolute Gasteiger partial charge is 0.120 e. The Labute approximate surface area is 123 Å². The van der Waals surface area contributed by atoms with E-state index in [2.05, 4.69) is 44.1 Å². The number of furan rings is 1. The van der Waals surface area contributed by atoms with Crippen LogP contribution in [0, 0.1) is 12.8 Å². The number of nitrogens with zero attached hydrogens (tertiary/aromatic N) is 1. The van der Waals surface area contributed by atoms with E-state index in [4.69, 9.17) is 4.42 Å². The second kappa shape index (κ2) is 7.28. The molecule has 114 valence electrons. The Kier molecular flexibility index (Phi) is 5.67. The molecule has 20 heavy (non-hydrogen) atoms. The van der Waals surface area contributed by atoms with Gasteiger partial charge in [0.05, 0.1) is 13.1 Å². The Balaban J connectivity index is 1.86. The Bertz CT molecular complexity index is 405. The third kappa shape index (κ3) is 4.35. The maximum absolute atomic E-state index is 6.02. The van der Waals surface area contributed by atoms with Gasteiger partial charge in [-0.3, -0.25) is 4.90 Å². The van der Waals surface area contributed by atoms with Crippen LogP contribution in [0.1, 0.15) is 56.6 Å². The van der Waals surface area contributed by atoms with Gasteiger partial charge in [-0.25, -0.2) is 0 Å². The van der Waals surface area contributed by atoms with Gasteiger partial charge in [-0.1, -0.05) is 26.7 Å². The van der Waals surface area contributed by atoms with E-state index in [1.165, 1.54) is 31.2 Å². The molecule has 0 atom stereocenters. The summed E-state index contributed by atoms with van der Waals surface area (Å²) in [4.78, 5) is 2.45. The van der Waals surface area contributed by atoms with Crippen LogP contribution in [0.15, 0.2) is 10.5 Å². The van der Waals surface area contributed by atoms with Crippen LogP contribution in [0.5, 0.6) is 0 Å². The van der Waals surface area contributed by atoms with Crippen molar-refractivity contribution < 1.29 is 4.42 Å². The van der Waals surface area contributed by atoms with Gasteiger partial charge in [-0.05, 0) is 50.9 Å². The normalized spacial score (nSPS) is 16.7. The molecule has 1 aliphatic carbocycles. The van der Waals surface area contributed by atoms with Crippen molar-refractivity contribution in [2.45, 2.75) is 65.6 Å². The van der Waals surface area contributed by atoms with Crippen molar-refractivity contribution in [2.75, 3.05) is 13.6 Å². The van der Waals surface area contributed by atoms with Gasteiger partial charge in [0, 0.05) is 6.04 Å². The highest BCUT2D eigenvalue weighted by Crippen LogP contribution is 2.24. The van der Waals surface area contributed by atoms with Crippen molar-refractivity contribution in [1.29, 1.82) is 0 Å². The Morgan fingerprint density at radius 2 is 2.05 bits per heavy atom. The second-order valence-corrected chi connectivity index (χ2v) is 6.70. The zero-order valence-electron chi connectivity index (χ0n) is 13.5. The summed E-state index contributed by atoms with van der Waals surface area (Å²) in [6, 6.07) is 2.96. The first-order valence-corrected chi connectivity index (χ1v) is 8.05. The largest absolute Gasteiger partial charge is 0.463 e. The van der Waals surface area contributed by atoms with Gasteiger partial charge < -0.3 is 9.73 Å². The van der Waals surface area contributed by atoms with E-state index in [1.54, 1.807) is 0 Å². The highest BCUT2D eigenvalue weighted by Gasteiger charge is 2.20. The van der Waals surface area contributed by atoms with E-state index in [0.717, 1.165) is 37.2 Å². The molecule has 3 heteroatoms. The first-order valence-electron chi connectivity index (χ1n) is 8.05. The maximum atomic E-state index is 6.02. The summed E-state index contributed by atoms with van der Waals surface area (Å²) in [5, 5.41) is 3.46. The van der Waals surface area contributed by atoms with Crippen molar-refractivity contribution in [2.24, 2.45) is 5.92 Å². The number of rotatable bonds is 7. The van der Waals surface area contributed by atoms with E-state index in [-0.39, 0.29) is 0 Å². The van der Waals surface area contributed by atoms with Crippen LogP contribution >= 0.6 is 0 Å². The van der Waals surface area contributed by atoms with Crippen LogP contribution in [0.2, 0.25) is 0 Å². The van der Waals surface area contributed by atoms with Crippen LogP contribution in [-0.4, -0.2) is 24.5 Å². The Morgan fingerprint density at radius 3 is 2.70 bits per heavy atom. The lowest BCUT2D eigenvalue weighted by molar-refractivity contribution is 0.217. The quantitative estimate of drug-likeness (QED) is 0.824. The van der Waals surface area contributed by atoms with Gasteiger partial charge >= 0.3 is 0 Å². The molecule has 0 bridgehead atoms. The topological polar surface area (TPSA) is 28.4 Å². The van der Waals surface area contributed by atoms with Gasteiger partial charge in [-0.2, -0.15) is 0 Å². The number of aryl methyl sites for hydroxylation is 1. The van der Waals surface area contributed by atoms with Gasteiger partial charge in [0.25, 0.3) is 0 Å². The fourth-order valence-electron chi connectivity index (χ4n) is 3.04. The minimum absolute atomic E-state index is 0.679. The third-order valence-corrected chi connectivity index (χ3v) is 4.26. The van der Waals surface area contributed by atoms with Gasteiger partial charge in [-0.15, -0.1) is 0 Å². The van der Waals surface area contributed by atoms with Crippen molar-refractivity contribution in [3.8, 4) is 0 Å². The summed E-state index contributed by atoms with van der Waals surface area (Å²) in [5.74, 6) is 2.89. The molecule has 0 aromatic carbocycles. The van der Waals surface area contributed by atoms with Crippen molar-refractivity contribution in [3.05, 3.63) is 23.2 Å². The Morgan fingerprint density at radius 1 is 1.35 bits per heavy atom. The van der Waals surface area contributed by atoms with Crippen LogP contribution in [-0.2, 0) is 13.1 Å². The standard InChI is InChI=1S/C17H30N2O/c1-13(2)10-18-11-17-14(3)9-16(20-17)12-19(4)15-7-5-6-8-15/h9,13,15,18H,5-8,10-12H2,1-4H3. The minimum Gasteiger partial charge on any atom is -0.463 e. The fraction of sp³-hybridized carbons (Fsp3) is 0.765. The molecule has 1 aromatic heterocycles. The lowest BCUT2D eigenvalue weighted by Gasteiger charge is -2.22. The summed E-state index contributed by atoms with van der Waals surface area (Å²) >= 11 is 0. The molecule has 1 heterocycles. The maximum Gasteiger partial charge on any atom is 0.120 e. The first-order chi connectivity index (χ1) is 9.56. The highest BCUT2D eigenvalue weighted by molar-refractivity contribution is 5.20. The molecule has 0 spiro atoms. The molecular formula is C17H30N2O. The lowest BCUT2D eigenvalue weighted by Crippen LogP contribution is -2.28. The van der Waals surface area contributed by atoms with Crippen LogP contribution in [0.3, 0.4) is 0 Å².